The molecule has 1 aliphatic carbocycles. The topological polar surface area (TPSA) is 138 Å². The molecule has 12 heteroatoms. The van der Waals surface area contributed by atoms with E-state index in [4.69, 9.17) is 0 Å². The number of aryl methyl sites for hydroxylation is 1. The molecule has 1 aromatic heterocycles. The number of amides is 3. The zero-order valence-electron chi connectivity index (χ0n) is 26.4. The molecule has 2 aliphatic rings. The Hall–Kier alpha value is -3.67. The SMILES string of the molecule is CCC(=O)N[C@@H](C(=O)N1CCN(C)CC1)[C@@H](C)c1ccc(NC(=O)[C@@H](CC(=O)c2nonc2C)C2CCC(C)CC2)c(F)c1. The maximum absolute atomic E-state index is 15.6. The van der Waals surface area contributed by atoms with Crippen LogP contribution >= 0.6 is 0 Å². The van der Waals surface area contributed by atoms with E-state index in [0.717, 1.165) is 38.8 Å². The highest BCUT2D eigenvalue weighted by molar-refractivity contribution is 6.00. The molecule has 2 N–H and O–H groups in total. The third-order valence-electron chi connectivity index (χ3n) is 9.28. The number of likely N-dealkylation sites (N-methyl/N-ethyl adjacent to an activating group) is 1. The van der Waals surface area contributed by atoms with Crippen LogP contribution in [0, 0.1) is 30.5 Å². The first-order valence-electron chi connectivity index (χ1n) is 15.7. The first kappa shape index (κ1) is 33.2. The molecule has 11 nitrogen and oxygen atoms in total. The highest BCUT2D eigenvalue weighted by Crippen LogP contribution is 2.36. The van der Waals surface area contributed by atoms with Gasteiger partial charge in [-0.05, 0) is 61.5 Å². The largest absolute Gasteiger partial charge is 0.344 e. The van der Waals surface area contributed by atoms with E-state index in [2.05, 4.69) is 37.4 Å². The highest BCUT2D eigenvalue weighted by atomic mass is 19.1. The van der Waals surface area contributed by atoms with Crippen LogP contribution in [-0.4, -0.2) is 82.9 Å². The lowest BCUT2D eigenvalue weighted by Crippen LogP contribution is -2.55. The number of hydrogen-bond acceptors (Lipinski definition) is 8. The van der Waals surface area contributed by atoms with Gasteiger partial charge in [0.05, 0.1) is 5.69 Å². The number of anilines is 1. The van der Waals surface area contributed by atoms with Gasteiger partial charge in [0.15, 0.2) is 11.5 Å². The Bertz CT molecular complexity index is 1330. The Labute approximate surface area is 258 Å². The fourth-order valence-electron chi connectivity index (χ4n) is 6.18. The van der Waals surface area contributed by atoms with E-state index in [1.165, 1.54) is 12.1 Å². The van der Waals surface area contributed by atoms with Crippen LogP contribution in [0.4, 0.5) is 10.1 Å². The van der Waals surface area contributed by atoms with Crippen LogP contribution in [0.1, 0.15) is 87.0 Å². The summed E-state index contributed by atoms with van der Waals surface area (Å²) in [6.07, 6.45) is 3.65. The summed E-state index contributed by atoms with van der Waals surface area (Å²) in [6, 6.07) is 3.59. The molecule has 1 saturated heterocycles. The van der Waals surface area contributed by atoms with Crippen LogP contribution in [0.5, 0.6) is 0 Å². The predicted octanol–water partition coefficient (Wildman–Crippen LogP) is 3.94. The molecule has 44 heavy (non-hydrogen) atoms. The molecule has 2 aromatic rings. The molecule has 1 aromatic carbocycles. The number of halogens is 1. The lowest BCUT2D eigenvalue weighted by Gasteiger charge is -2.36. The maximum atomic E-state index is 15.6. The van der Waals surface area contributed by atoms with Gasteiger partial charge in [-0.1, -0.05) is 44.8 Å². The Kier molecular flexibility index (Phi) is 11.2. The normalized spacial score (nSPS) is 21.3. The fraction of sp³-hybridized carbons (Fsp3) is 0.625. The van der Waals surface area contributed by atoms with E-state index < -0.39 is 29.6 Å². The summed E-state index contributed by atoms with van der Waals surface area (Å²) in [5.74, 6) is -2.55. The van der Waals surface area contributed by atoms with Gasteiger partial charge in [0.25, 0.3) is 0 Å². The first-order chi connectivity index (χ1) is 21.0. The second-order valence-corrected chi connectivity index (χ2v) is 12.5. The standard InChI is InChI=1S/C32H45FN6O5/c1-6-28(41)35-29(32(43)39-15-13-38(5)14-16-39)20(3)23-11-12-26(25(33)17-23)34-31(42)24(22-9-7-19(2)8-10-22)18-27(40)30-21(4)36-44-37-30/h11-12,17,19-20,22,24,29H,6-10,13-16,18H2,1-5H3,(H,34,42)(H,35,41)/t19?,20-,22?,24-,29+/m0/s1. The zero-order valence-corrected chi connectivity index (χ0v) is 26.4. The highest BCUT2D eigenvalue weighted by Gasteiger charge is 2.36. The molecule has 3 atom stereocenters. The third-order valence-corrected chi connectivity index (χ3v) is 9.28. The molecule has 240 valence electrons. The van der Waals surface area contributed by atoms with Crippen LogP contribution in [0.15, 0.2) is 22.8 Å². The zero-order chi connectivity index (χ0) is 32.0. The van der Waals surface area contributed by atoms with Gasteiger partial charge in [0, 0.05) is 50.9 Å². The summed E-state index contributed by atoms with van der Waals surface area (Å²) < 4.78 is 20.2. The predicted molar refractivity (Wildman–Crippen MR) is 162 cm³/mol. The third kappa shape index (κ3) is 8.08. The number of hydrogen-bond donors (Lipinski definition) is 2. The molecule has 0 spiro atoms. The Morgan fingerprint density at radius 1 is 1.07 bits per heavy atom. The lowest BCUT2D eigenvalue weighted by atomic mass is 9.74. The van der Waals surface area contributed by atoms with Crippen molar-refractivity contribution in [2.24, 2.45) is 17.8 Å². The molecule has 2 heterocycles. The van der Waals surface area contributed by atoms with Crippen molar-refractivity contribution in [2.75, 3.05) is 38.5 Å². The number of carbonyl (C=O) groups is 4. The smallest absolute Gasteiger partial charge is 0.245 e. The number of benzene rings is 1. The molecule has 0 unspecified atom stereocenters. The van der Waals surface area contributed by atoms with Crippen molar-refractivity contribution in [1.29, 1.82) is 0 Å². The second-order valence-electron chi connectivity index (χ2n) is 12.5. The van der Waals surface area contributed by atoms with Crippen LogP contribution in [-0.2, 0) is 14.4 Å². The Balaban J connectivity index is 1.51. The van der Waals surface area contributed by atoms with Gasteiger partial charge >= 0.3 is 0 Å². The molecular weight excluding hydrogens is 567 g/mol. The van der Waals surface area contributed by atoms with Crippen LogP contribution < -0.4 is 10.6 Å². The molecular formula is C32H45FN6O5. The lowest BCUT2D eigenvalue weighted by molar-refractivity contribution is -0.138. The summed E-state index contributed by atoms with van der Waals surface area (Å²) in [7, 11) is 1.99. The van der Waals surface area contributed by atoms with Crippen molar-refractivity contribution in [2.45, 2.75) is 78.2 Å². The number of carbonyl (C=O) groups excluding carboxylic acids is 4. The number of Topliss-reactive ketones (excluding diaryl/α,β-unsaturated/α-hetero) is 1. The van der Waals surface area contributed by atoms with Crippen molar-refractivity contribution in [3.8, 4) is 0 Å². The summed E-state index contributed by atoms with van der Waals surface area (Å²) >= 11 is 0. The monoisotopic (exact) mass is 612 g/mol. The molecule has 0 bridgehead atoms. The molecule has 3 amide bonds. The number of aromatic nitrogens is 2. The summed E-state index contributed by atoms with van der Waals surface area (Å²) in [4.78, 5) is 56.4. The minimum absolute atomic E-state index is 0.00796. The van der Waals surface area contributed by atoms with Gasteiger partial charge in [-0.3, -0.25) is 19.2 Å². The summed E-state index contributed by atoms with van der Waals surface area (Å²) in [6.45, 7) is 9.87. The number of nitrogens with zero attached hydrogens (tertiary/aromatic N) is 4. The van der Waals surface area contributed by atoms with E-state index in [9.17, 15) is 19.2 Å². The molecule has 2 fully saturated rings. The minimum Gasteiger partial charge on any atom is -0.344 e. The number of rotatable bonds is 11. The van der Waals surface area contributed by atoms with Gasteiger partial charge in [-0.15, -0.1) is 0 Å². The molecule has 1 aliphatic heterocycles. The molecule has 1 saturated carbocycles. The van der Waals surface area contributed by atoms with Crippen molar-refractivity contribution in [1.82, 2.24) is 25.4 Å². The number of piperazine rings is 1. The summed E-state index contributed by atoms with van der Waals surface area (Å²) in [5.41, 5.74) is 0.979. The van der Waals surface area contributed by atoms with Crippen LogP contribution in [0.2, 0.25) is 0 Å². The number of ketones is 1. The van der Waals surface area contributed by atoms with Crippen molar-refractivity contribution < 1.29 is 28.2 Å². The summed E-state index contributed by atoms with van der Waals surface area (Å²) in [5, 5.41) is 13.0. The van der Waals surface area contributed by atoms with Gasteiger partial charge in [0.2, 0.25) is 17.7 Å². The first-order valence-corrected chi connectivity index (χ1v) is 15.7. The Morgan fingerprint density at radius 3 is 2.34 bits per heavy atom. The number of nitrogens with one attached hydrogen (secondary N) is 2. The fourth-order valence-corrected chi connectivity index (χ4v) is 6.18. The van der Waals surface area contributed by atoms with Crippen molar-refractivity contribution in [3.05, 3.63) is 41.0 Å². The van der Waals surface area contributed by atoms with Gasteiger partial charge < -0.3 is 20.4 Å². The van der Waals surface area contributed by atoms with E-state index >= 15 is 4.39 Å². The maximum Gasteiger partial charge on any atom is 0.245 e. The molecule has 0 radical (unpaired) electrons. The average Bonchev–Trinajstić information content (AvgIpc) is 3.45. The minimum atomic E-state index is -0.857. The molecule has 4 rings (SSSR count). The average molecular weight is 613 g/mol. The van der Waals surface area contributed by atoms with Crippen molar-refractivity contribution in [3.63, 3.8) is 0 Å². The van der Waals surface area contributed by atoms with Crippen LogP contribution in [0.25, 0.3) is 0 Å². The van der Waals surface area contributed by atoms with Crippen molar-refractivity contribution >= 4 is 29.2 Å². The van der Waals surface area contributed by atoms with Gasteiger partial charge in [0.1, 0.15) is 17.6 Å². The van der Waals surface area contributed by atoms with Crippen LogP contribution in [0.3, 0.4) is 0 Å². The van der Waals surface area contributed by atoms with E-state index in [0.29, 0.717) is 30.3 Å². The van der Waals surface area contributed by atoms with E-state index in [1.54, 1.807) is 31.7 Å². The Morgan fingerprint density at radius 2 is 1.75 bits per heavy atom. The van der Waals surface area contributed by atoms with Gasteiger partial charge in [-0.25, -0.2) is 9.02 Å². The van der Waals surface area contributed by atoms with Gasteiger partial charge in [-0.2, -0.15) is 0 Å². The van der Waals surface area contributed by atoms with E-state index in [-0.39, 0.29) is 47.7 Å². The van der Waals surface area contributed by atoms with E-state index in [1.807, 2.05) is 7.05 Å². The second kappa shape index (κ2) is 14.9. The quantitative estimate of drug-likeness (QED) is 0.364.